The van der Waals surface area contributed by atoms with Crippen molar-refractivity contribution in [1.82, 2.24) is 0 Å². The number of nitriles is 1. The normalized spacial score (nSPS) is 12.5. The smallest absolute Gasteiger partial charge is 0.273 e. The maximum absolute atomic E-state index is 13.4. The summed E-state index contributed by atoms with van der Waals surface area (Å²) in [5.41, 5.74) is -2.08. The molecule has 0 fully saturated rings. The lowest BCUT2D eigenvalue weighted by atomic mass is 10.2. The SMILES string of the molecule is CC(C#N)S(=O)(=O)Nc1c(F)cc(F)cc1[N+](=O)[O-]. The van der Waals surface area contributed by atoms with E-state index in [9.17, 15) is 27.3 Å². The van der Waals surface area contributed by atoms with Crippen LogP contribution < -0.4 is 4.72 Å². The Morgan fingerprint density at radius 2 is 2.05 bits per heavy atom. The first-order valence-electron chi connectivity index (χ1n) is 4.73. The number of hydrogen-bond acceptors (Lipinski definition) is 5. The van der Waals surface area contributed by atoms with E-state index in [-0.39, 0.29) is 0 Å². The third-order valence-electron chi connectivity index (χ3n) is 2.12. The van der Waals surface area contributed by atoms with E-state index in [4.69, 9.17) is 5.26 Å². The molecular formula is C9H7F2N3O4S. The quantitative estimate of drug-likeness (QED) is 0.667. The number of nitro groups is 1. The topological polar surface area (TPSA) is 113 Å². The molecule has 0 saturated heterocycles. The average molecular weight is 291 g/mol. The van der Waals surface area contributed by atoms with Crippen LogP contribution in [0.4, 0.5) is 20.2 Å². The molecule has 1 aromatic rings. The molecule has 0 heterocycles. The van der Waals surface area contributed by atoms with Crippen molar-refractivity contribution in [1.29, 1.82) is 5.26 Å². The standard InChI is InChI=1S/C9H7F2N3O4S/c1-5(4-12)19(17,18)13-9-7(11)2-6(10)3-8(9)14(15)16/h2-3,5,13H,1H3. The number of hydrogen-bond donors (Lipinski definition) is 1. The van der Waals surface area contributed by atoms with Crippen LogP contribution in [-0.2, 0) is 10.0 Å². The van der Waals surface area contributed by atoms with E-state index in [1.54, 1.807) is 4.72 Å². The maximum atomic E-state index is 13.4. The zero-order chi connectivity index (χ0) is 14.8. The fourth-order valence-electron chi connectivity index (χ4n) is 1.11. The van der Waals surface area contributed by atoms with Crippen LogP contribution >= 0.6 is 0 Å². The first kappa shape index (κ1) is 14.8. The summed E-state index contributed by atoms with van der Waals surface area (Å²) in [5, 5.41) is 17.5. The zero-order valence-electron chi connectivity index (χ0n) is 9.42. The minimum absolute atomic E-state index is 0.294. The molecule has 1 unspecified atom stereocenters. The molecular weight excluding hydrogens is 284 g/mol. The Morgan fingerprint density at radius 3 is 2.53 bits per heavy atom. The first-order chi connectivity index (χ1) is 8.69. The van der Waals surface area contributed by atoms with Gasteiger partial charge in [0.15, 0.2) is 16.8 Å². The maximum Gasteiger partial charge on any atom is 0.299 e. The summed E-state index contributed by atoms with van der Waals surface area (Å²) in [7, 11) is -4.33. The molecule has 0 radical (unpaired) electrons. The summed E-state index contributed by atoms with van der Waals surface area (Å²) in [6.07, 6.45) is 0. The minimum Gasteiger partial charge on any atom is -0.273 e. The third-order valence-corrected chi connectivity index (χ3v) is 3.65. The number of anilines is 1. The van der Waals surface area contributed by atoms with Gasteiger partial charge in [-0.25, -0.2) is 17.2 Å². The van der Waals surface area contributed by atoms with Crippen molar-refractivity contribution in [3.63, 3.8) is 0 Å². The van der Waals surface area contributed by atoms with Crippen molar-refractivity contribution >= 4 is 21.4 Å². The second-order valence-electron chi connectivity index (χ2n) is 3.46. The highest BCUT2D eigenvalue weighted by Crippen LogP contribution is 2.30. The molecule has 1 rings (SSSR count). The largest absolute Gasteiger partial charge is 0.299 e. The predicted octanol–water partition coefficient (Wildman–Crippen LogP) is 1.53. The molecule has 1 aromatic carbocycles. The van der Waals surface area contributed by atoms with Crippen LogP contribution in [0.3, 0.4) is 0 Å². The van der Waals surface area contributed by atoms with Gasteiger partial charge >= 0.3 is 0 Å². The summed E-state index contributed by atoms with van der Waals surface area (Å²) < 4.78 is 50.9. The van der Waals surface area contributed by atoms with Crippen LogP contribution in [0.15, 0.2) is 12.1 Å². The van der Waals surface area contributed by atoms with Crippen molar-refractivity contribution in [2.75, 3.05) is 4.72 Å². The molecule has 0 saturated carbocycles. The van der Waals surface area contributed by atoms with Gasteiger partial charge in [0.25, 0.3) is 5.69 Å². The van der Waals surface area contributed by atoms with Gasteiger partial charge in [0.05, 0.1) is 17.1 Å². The number of nitrogens with zero attached hydrogens (tertiary/aromatic N) is 2. The number of sulfonamides is 1. The number of halogens is 2. The van der Waals surface area contributed by atoms with Crippen LogP contribution in [0.2, 0.25) is 0 Å². The molecule has 0 aliphatic carbocycles. The molecule has 1 N–H and O–H groups in total. The molecule has 7 nitrogen and oxygen atoms in total. The number of rotatable bonds is 4. The first-order valence-corrected chi connectivity index (χ1v) is 6.28. The van der Waals surface area contributed by atoms with Crippen LogP contribution in [-0.4, -0.2) is 18.6 Å². The predicted molar refractivity (Wildman–Crippen MR) is 60.6 cm³/mol. The fourth-order valence-corrected chi connectivity index (χ4v) is 1.91. The average Bonchev–Trinajstić information content (AvgIpc) is 2.30. The van der Waals surface area contributed by atoms with E-state index < -0.39 is 43.2 Å². The van der Waals surface area contributed by atoms with E-state index in [1.165, 1.54) is 6.07 Å². The van der Waals surface area contributed by atoms with Crippen LogP contribution in [0, 0.1) is 33.1 Å². The fraction of sp³-hybridized carbons (Fsp3) is 0.222. The van der Waals surface area contributed by atoms with Crippen molar-refractivity contribution in [3.8, 4) is 6.07 Å². The Kier molecular flexibility index (Phi) is 4.01. The van der Waals surface area contributed by atoms with Gasteiger partial charge in [0.1, 0.15) is 5.82 Å². The number of benzene rings is 1. The highest BCUT2D eigenvalue weighted by molar-refractivity contribution is 7.93. The Labute approximate surface area is 106 Å². The monoisotopic (exact) mass is 291 g/mol. The Hall–Kier alpha value is -2.28. The number of nitro benzene ring substituents is 1. The van der Waals surface area contributed by atoms with Crippen LogP contribution in [0.1, 0.15) is 6.92 Å². The van der Waals surface area contributed by atoms with Gasteiger partial charge in [0.2, 0.25) is 10.0 Å². The molecule has 102 valence electrons. The summed E-state index contributed by atoms with van der Waals surface area (Å²) in [5.74, 6) is -2.67. The molecule has 0 bridgehead atoms. The molecule has 19 heavy (non-hydrogen) atoms. The minimum atomic E-state index is -4.33. The Balaban J connectivity index is 3.37. The highest BCUT2D eigenvalue weighted by atomic mass is 32.2. The molecule has 1 atom stereocenters. The van der Waals surface area contributed by atoms with Crippen LogP contribution in [0.25, 0.3) is 0 Å². The third kappa shape index (κ3) is 3.14. The van der Waals surface area contributed by atoms with E-state index in [0.717, 1.165) is 6.92 Å². The van der Waals surface area contributed by atoms with Gasteiger partial charge in [-0.15, -0.1) is 0 Å². The zero-order valence-corrected chi connectivity index (χ0v) is 10.2. The van der Waals surface area contributed by atoms with Gasteiger partial charge in [-0.2, -0.15) is 5.26 Å². The van der Waals surface area contributed by atoms with E-state index in [1.807, 2.05) is 0 Å². The lowest BCUT2D eigenvalue weighted by Crippen LogP contribution is -2.25. The Bertz CT molecular complexity index is 669. The van der Waals surface area contributed by atoms with Crippen molar-refractivity contribution in [3.05, 3.63) is 33.9 Å². The molecule has 10 heteroatoms. The Morgan fingerprint density at radius 1 is 1.47 bits per heavy atom. The van der Waals surface area contributed by atoms with Gasteiger partial charge in [-0.3, -0.25) is 14.8 Å². The lowest BCUT2D eigenvalue weighted by Gasteiger charge is -2.10. The molecule has 0 aliphatic heterocycles. The van der Waals surface area contributed by atoms with Gasteiger partial charge in [-0.1, -0.05) is 0 Å². The second-order valence-corrected chi connectivity index (χ2v) is 5.46. The van der Waals surface area contributed by atoms with E-state index >= 15 is 0 Å². The van der Waals surface area contributed by atoms with Crippen LogP contribution in [0.5, 0.6) is 0 Å². The van der Waals surface area contributed by atoms with E-state index in [2.05, 4.69) is 0 Å². The summed E-state index contributed by atoms with van der Waals surface area (Å²) in [6.45, 7) is 1.01. The van der Waals surface area contributed by atoms with Crippen molar-refractivity contribution in [2.24, 2.45) is 0 Å². The van der Waals surface area contributed by atoms with Crippen molar-refractivity contribution < 1.29 is 22.1 Å². The lowest BCUT2D eigenvalue weighted by molar-refractivity contribution is -0.384. The van der Waals surface area contributed by atoms with Crippen molar-refractivity contribution in [2.45, 2.75) is 12.2 Å². The number of nitrogens with one attached hydrogen (secondary N) is 1. The molecule has 0 aliphatic rings. The summed E-state index contributed by atoms with van der Waals surface area (Å²) in [4.78, 5) is 9.49. The summed E-state index contributed by atoms with van der Waals surface area (Å²) in [6, 6.07) is 2.05. The van der Waals surface area contributed by atoms with Gasteiger partial charge in [-0.05, 0) is 6.92 Å². The highest BCUT2D eigenvalue weighted by Gasteiger charge is 2.28. The molecule has 0 spiro atoms. The van der Waals surface area contributed by atoms with Gasteiger partial charge < -0.3 is 0 Å². The van der Waals surface area contributed by atoms with E-state index in [0.29, 0.717) is 12.1 Å². The molecule has 0 amide bonds. The second kappa shape index (κ2) is 5.15. The summed E-state index contributed by atoms with van der Waals surface area (Å²) >= 11 is 0. The molecule has 0 aromatic heterocycles. The van der Waals surface area contributed by atoms with Gasteiger partial charge in [0, 0.05) is 6.07 Å².